The van der Waals surface area contributed by atoms with Crippen molar-refractivity contribution in [1.82, 2.24) is 5.43 Å². The first-order valence-electron chi connectivity index (χ1n) is 10.1. The molecule has 0 saturated carbocycles. The van der Waals surface area contributed by atoms with Crippen molar-refractivity contribution in [3.63, 3.8) is 0 Å². The lowest BCUT2D eigenvalue weighted by Gasteiger charge is -2.07. The van der Waals surface area contributed by atoms with Crippen molar-refractivity contribution in [2.75, 3.05) is 19.5 Å². The molecule has 3 N–H and O–H groups in total. The molecule has 0 atom stereocenters. The molecule has 0 saturated heterocycles. The van der Waals surface area contributed by atoms with Crippen LogP contribution in [0.5, 0.6) is 17.2 Å². The first-order chi connectivity index (χ1) is 15.0. The van der Waals surface area contributed by atoms with E-state index in [2.05, 4.69) is 15.8 Å². The van der Waals surface area contributed by atoms with E-state index < -0.39 is 0 Å². The first kappa shape index (κ1) is 23.7. The van der Waals surface area contributed by atoms with E-state index in [0.717, 1.165) is 31.2 Å². The second kappa shape index (κ2) is 12.9. The van der Waals surface area contributed by atoms with Crippen LogP contribution >= 0.6 is 0 Å². The van der Waals surface area contributed by atoms with Crippen LogP contribution < -0.4 is 20.2 Å². The van der Waals surface area contributed by atoms with Crippen molar-refractivity contribution >= 4 is 23.7 Å². The molecule has 2 amide bonds. The number of rotatable bonds is 12. The first-order valence-corrected chi connectivity index (χ1v) is 10.1. The van der Waals surface area contributed by atoms with Crippen molar-refractivity contribution in [1.29, 1.82) is 0 Å². The zero-order valence-electron chi connectivity index (χ0n) is 17.9. The topological polar surface area (TPSA) is 109 Å². The highest BCUT2D eigenvalue weighted by Crippen LogP contribution is 2.26. The number of para-hydroxylation sites is 2. The number of unbranched alkanes of at least 4 members (excludes halogenated alkanes) is 3. The van der Waals surface area contributed by atoms with E-state index >= 15 is 0 Å². The number of carbonyl (C=O) groups excluding carboxylic acids is 2. The Morgan fingerprint density at radius 1 is 0.935 bits per heavy atom. The predicted molar refractivity (Wildman–Crippen MR) is 120 cm³/mol. The Morgan fingerprint density at radius 3 is 2.29 bits per heavy atom. The number of carbonyl (C=O) groups is 2. The average molecular weight is 428 g/mol. The van der Waals surface area contributed by atoms with Gasteiger partial charge in [-0.05, 0) is 48.7 Å². The zero-order valence-corrected chi connectivity index (χ0v) is 17.9. The number of hydrogen-bond donors (Lipinski definition) is 3. The highest BCUT2D eigenvalue weighted by atomic mass is 16.5. The molecule has 8 nitrogen and oxygen atoms in total. The van der Waals surface area contributed by atoms with Crippen molar-refractivity contribution < 1.29 is 24.2 Å². The van der Waals surface area contributed by atoms with Gasteiger partial charge >= 0.3 is 0 Å². The van der Waals surface area contributed by atoms with E-state index in [1.54, 1.807) is 50.8 Å². The number of ether oxygens (including phenoxy) is 2. The Morgan fingerprint density at radius 2 is 1.61 bits per heavy atom. The Bertz CT molecular complexity index is 899. The van der Waals surface area contributed by atoms with Gasteiger partial charge in [-0.15, -0.1) is 0 Å². The Balaban J connectivity index is 1.58. The van der Waals surface area contributed by atoms with Crippen LogP contribution in [0.25, 0.3) is 0 Å². The molecule has 0 aliphatic rings. The molecule has 166 valence electrons. The number of hydrazone groups is 1. The smallest absolute Gasteiger partial charge is 0.240 e. The molecule has 2 aromatic rings. The highest BCUT2D eigenvalue weighted by Gasteiger charge is 2.06. The molecule has 0 radical (unpaired) electrons. The van der Waals surface area contributed by atoms with Gasteiger partial charge in [0, 0.05) is 12.8 Å². The van der Waals surface area contributed by atoms with Gasteiger partial charge in [-0.1, -0.05) is 25.0 Å². The van der Waals surface area contributed by atoms with Gasteiger partial charge in [0.2, 0.25) is 11.8 Å². The monoisotopic (exact) mass is 427 g/mol. The predicted octanol–water partition coefficient (Wildman–Crippen LogP) is 3.84. The van der Waals surface area contributed by atoms with E-state index in [1.807, 2.05) is 6.07 Å². The van der Waals surface area contributed by atoms with Crippen molar-refractivity contribution in [2.45, 2.75) is 38.5 Å². The number of benzene rings is 2. The van der Waals surface area contributed by atoms with Crippen LogP contribution in [0.1, 0.15) is 44.1 Å². The van der Waals surface area contributed by atoms with Crippen molar-refractivity contribution in [2.24, 2.45) is 5.10 Å². The molecule has 0 unspecified atom stereocenters. The van der Waals surface area contributed by atoms with Gasteiger partial charge < -0.3 is 19.9 Å². The SMILES string of the molecule is COc1ccc(/C=N/NC(=O)CCCCCCC(=O)Nc2ccccc2O)cc1OC. The molecule has 8 heteroatoms. The molecular formula is C23H29N3O5. The molecule has 0 spiro atoms. The van der Waals surface area contributed by atoms with Crippen LogP contribution in [0.2, 0.25) is 0 Å². The summed E-state index contributed by atoms with van der Waals surface area (Å²) in [5, 5.41) is 16.3. The van der Waals surface area contributed by atoms with Gasteiger partial charge in [0.25, 0.3) is 0 Å². The molecular weight excluding hydrogens is 398 g/mol. The Hall–Kier alpha value is -3.55. The highest BCUT2D eigenvalue weighted by molar-refractivity contribution is 5.92. The summed E-state index contributed by atoms with van der Waals surface area (Å²) in [5.41, 5.74) is 3.70. The normalized spacial score (nSPS) is 10.6. The molecule has 31 heavy (non-hydrogen) atoms. The van der Waals surface area contributed by atoms with E-state index in [9.17, 15) is 14.7 Å². The summed E-state index contributed by atoms with van der Waals surface area (Å²) in [7, 11) is 3.12. The summed E-state index contributed by atoms with van der Waals surface area (Å²) in [4.78, 5) is 23.8. The Kier molecular flexibility index (Phi) is 9.87. The maximum Gasteiger partial charge on any atom is 0.240 e. The van der Waals surface area contributed by atoms with Gasteiger partial charge in [0.05, 0.1) is 26.1 Å². The molecule has 0 bridgehead atoms. The summed E-state index contributed by atoms with van der Waals surface area (Å²) in [6.45, 7) is 0. The van der Waals surface area contributed by atoms with E-state index in [-0.39, 0.29) is 17.6 Å². The lowest BCUT2D eigenvalue weighted by atomic mass is 10.1. The summed E-state index contributed by atoms with van der Waals surface area (Å²) in [5.74, 6) is 0.972. The number of hydrogen-bond acceptors (Lipinski definition) is 6. The van der Waals surface area contributed by atoms with Gasteiger partial charge in [-0.25, -0.2) is 5.43 Å². The molecule has 0 aliphatic carbocycles. The second-order valence-corrected chi connectivity index (χ2v) is 6.89. The maximum atomic E-state index is 11.9. The lowest BCUT2D eigenvalue weighted by Crippen LogP contribution is -2.17. The minimum absolute atomic E-state index is 0.0515. The van der Waals surface area contributed by atoms with Gasteiger partial charge in [-0.3, -0.25) is 9.59 Å². The molecule has 2 rings (SSSR count). The van der Waals surface area contributed by atoms with Gasteiger partial charge in [-0.2, -0.15) is 5.10 Å². The number of nitrogens with one attached hydrogen (secondary N) is 2. The summed E-state index contributed by atoms with van der Waals surface area (Å²) in [6.07, 6.45) is 5.41. The van der Waals surface area contributed by atoms with E-state index in [4.69, 9.17) is 9.47 Å². The van der Waals surface area contributed by atoms with Crippen LogP contribution in [0.4, 0.5) is 5.69 Å². The quantitative estimate of drug-likeness (QED) is 0.206. The summed E-state index contributed by atoms with van der Waals surface area (Å²) >= 11 is 0. The van der Waals surface area contributed by atoms with Gasteiger partial charge in [0.1, 0.15) is 5.75 Å². The molecule has 0 heterocycles. The van der Waals surface area contributed by atoms with Crippen molar-refractivity contribution in [3.8, 4) is 17.2 Å². The van der Waals surface area contributed by atoms with Crippen LogP contribution in [-0.4, -0.2) is 37.4 Å². The van der Waals surface area contributed by atoms with Crippen LogP contribution in [0.3, 0.4) is 0 Å². The van der Waals surface area contributed by atoms with Crippen molar-refractivity contribution in [3.05, 3.63) is 48.0 Å². The number of aromatic hydroxyl groups is 1. The lowest BCUT2D eigenvalue weighted by molar-refractivity contribution is -0.121. The van der Waals surface area contributed by atoms with Crippen LogP contribution in [0.15, 0.2) is 47.6 Å². The second-order valence-electron chi connectivity index (χ2n) is 6.89. The van der Waals surface area contributed by atoms with Crippen LogP contribution in [-0.2, 0) is 9.59 Å². The third kappa shape index (κ3) is 8.38. The summed E-state index contributed by atoms with van der Waals surface area (Å²) in [6, 6.07) is 12.0. The molecule has 2 aromatic carbocycles. The number of anilines is 1. The number of phenolic OH excluding ortho intramolecular Hbond substituents is 1. The molecule has 0 aliphatic heterocycles. The average Bonchev–Trinajstić information content (AvgIpc) is 2.77. The Labute approximate surface area is 182 Å². The number of amides is 2. The van der Waals surface area contributed by atoms with Gasteiger partial charge in [0.15, 0.2) is 11.5 Å². The third-order valence-corrected chi connectivity index (χ3v) is 4.55. The minimum atomic E-state index is -0.158. The maximum absolute atomic E-state index is 11.9. The van der Waals surface area contributed by atoms with E-state index in [0.29, 0.717) is 30.0 Å². The zero-order chi connectivity index (χ0) is 22.5. The summed E-state index contributed by atoms with van der Waals surface area (Å²) < 4.78 is 10.4. The number of methoxy groups -OCH3 is 2. The van der Waals surface area contributed by atoms with E-state index in [1.165, 1.54) is 6.07 Å². The fraction of sp³-hybridized carbons (Fsp3) is 0.348. The third-order valence-electron chi connectivity index (χ3n) is 4.55. The standard InChI is InChI=1S/C23H29N3O5/c1-30-20-14-13-17(15-21(20)31-2)16-24-26-23(29)12-6-4-3-5-11-22(28)25-18-9-7-8-10-19(18)27/h7-10,13-16,27H,3-6,11-12H2,1-2H3,(H,25,28)(H,26,29)/b24-16+. The fourth-order valence-corrected chi connectivity index (χ4v) is 2.88. The fourth-order valence-electron chi connectivity index (χ4n) is 2.88. The number of phenols is 1. The molecule has 0 fully saturated rings. The largest absolute Gasteiger partial charge is 0.506 e. The number of nitrogens with zero attached hydrogens (tertiary/aromatic N) is 1. The minimum Gasteiger partial charge on any atom is -0.506 e. The van der Waals surface area contributed by atoms with Crippen LogP contribution in [0, 0.1) is 0 Å². The molecule has 0 aromatic heterocycles.